The van der Waals surface area contributed by atoms with E-state index in [0.717, 1.165) is 14.6 Å². The molecule has 2 aromatic carbocycles. The van der Waals surface area contributed by atoms with Crippen LogP contribution in [-0.4, -0.2) is 38.4 Å². The molecule has 0 bridgehead atoms. The number of ether oxygens (including phenoxy) is 1. The van der Waals surface area contributed by atoms with Crippen molar-refractivity contribution in [1.82, 2.24) is 4.98 Å². The van der Waals surface area contributed by atoms with Gasteiger partial charge in [0.25, 0.3) is 0 Å². The standard InChI is InChI=1S/C19H20N2O4S3/c1-25-14-6-8-15(9-7-14)28(23,24)11-3-4-18(22)20-13-5-10-16-17(12-13)27-19(21-16)26-2/h5-10,12H,3-4,11H2,1-2H3,(H,20,22). The summed E-state index contributed by atoms with van der Waals surface area (Å²) in [6.45, 7) is 0. The number of thiazole rings is 1. The second-order valence-corrected chi connectivity index (χ2v) is 10.2. The average Bonchev–Trinajstić information content (AvgIpc) is 3.10. The summed E-state index contributed by atoms with van der Waals surface area (Å²) in [6, 6.07) is 11.8. The normalized spacial score (nSPS) is 11.5. The van der Waals surface area contributed by atoms with E-state index in [1.165, 1.54) is 19.2 Å². The van der Waals surface area contributed by atoms with Crippen molar-refractivity contribution in [1.29, 1.82) is 0 Å². The number of benzene rings is 2. The molecule has 3 rings (SSSR count). The van der Waals surface area contributed by atoms with Gasteiger partial charge >= 0.3 is 0 Å². The van der Waals surface area contributed by atoms with Crippen molar-refractivity contribution in [2.75, 3.05) is 24.4 Å². The number of amides is 1. The summed E-state index contributed by atoms with van der Waals surface area (Å²) in [6.07, 6.45) is 2.35. The number of nitrogens with zero attached hydrogens (tertiary/aromatic N) is 1. The van der Waals surface area contributed by atoms with Crippen LogP contribution >= 0.6 is 23.1 Å². The summed E-state index contributed by atoms with van der Waals surface area (Å²) >= 11 is 3.16. The second-order valence-electron chi connectivity index (χ2n) is 6.01. The highest BCUT2D eigenvalue weighted by molar-refractivity contribution is 8.00. The molecule has 0 spiro atoms. The molecule has 3 aromatic rings. The third-order valence-corrected chi connectivity index (χ3v) is 7.88. The molecule has 9 heteroatoms. The van der Waals surface area contributed by atoms with E-state index in [1.807, 2.05) is 18.4 Å². The number of hydrogen-bond donors (Lipinski definition) is 1. The average molecular weight is 437 g/mol. The first-order chi connectivity index (χ1) is 13.4. The van der Waals surface area contributed by atoms with Gasteiger partial charge in [0.05, 0.1) is 28.0 Å². The van der Waals surface area contributed by atoms with Crippen molar-refractivity contribution in [3.63, 3.8) is 0 Å². The predicted molar refractivity (Wildman–Crippen MR) is 114 cm³/mol. The minimum absolute atomic E-state index is 0.0856. The fourth-order valence-electron chi connectivity index (χ4n) is 2.62. The molecule has 148 valence electrons. The van der Waals surface area contributed by atoms with Crippen molar-refractivity contribution >= 4 is 54.7 Å². The van der Waals surface area contributed by atoms with Gasteiger partial charge in [0.2, 0.25) is 5.91 Å². The molecule has 0 atom stereocenters. The Morgan fingerprint density at radius 2 is 1.96 bits per heavy atom. The number of carbonyl (C=O) groups is 1. The van der Waals surface area contributed by atoms with E-state index in [0.29, 0.717) is 11.4 Å². The Bertz CT molecular complexity index is 1080. The third-order valence-electron chi connectivity index (χ3n) is 4.06. The number of rotatable bonds is 8. The van der Waals surface area contributed by atoms with Crippen molar-refractivity contribution in [3.8, 4) is 5.75 Å². The quantitative estimate of drug-likeness (QED) is 0.532. The summed E-state index contributed by atoms with van der Waals surface area (Å²) in [5.74, 6) is 0.303. The molecule has 1 amide bonds. The number of carbonyl (C=O) groups excluding carboxylic acids is 1. The van der Waals surface area contributed by atoms with Crippen LogP contribution in [0.3, 0.4) is 0 Å². The lowest BCUT2D eigenvalue weighted by Gasteiger charge is -2.07. The maximum atomic E-state index is 12.4. The van der Waals surface area contributed by atoms with Gasteiger partial charge < -0.3 is 10.1 Å². The van der Waals surface area contributed by atoms with Crippen LogP contribution in [0.1, 0.15) is 12.8 Å². The highest BCUT2D eigenvalue weighted by Crippen LogP contribution is 2.30. The van der Waals surface area contributed by atoms with Gasteiger partial charge in [0.15, 0.2) is 14.2 Å². The first-order valence-corrected chi connectivity index (χ1v) is 12.2. The van der Waals surface area contributed by atoms with E-state index in [2.05, 4.69) is 10.3 Å². The molecule has 1 aromatic heterocycles. The Balaban J connectivity index is 1.55. The van der Waals surface area contributed by atoms with Crippen LogP contribution in [-0.2, 0) is 14.6 Å². The fourth-order valence-corrected chi connectivity index (χ4v) is 5.46. The maximum absolute atomic E-state index is 12.4. The second kappa shape index (κ2) is 8.93. The lowest BCUT2D eigenvalue weighted by molar-refractivity contribution is -0.116. The van der Waals surface area contributed by atoms with Crippen molar-refractivity contribution in [2.24, 2.45) is 0 Å². The molecule has 0 saturated heterocycles. The molecular weight excluding hydrogens is 416 g/mol. The van der Waals surface area contributed by atoms with Gasteiger partial charge in [0.1, 0.15) is 5.75 Å². The zero-order chi connectivity index (χ0) is 20.1. The van der Waals surface area contributed by atoms with Gasteiger partial charge in [-0.05, 0) is 55.1 Å². The summed E-state index contributed by atoms with van der Waals surface area (Å²) in [4.78, 5) is 16.9. The van der Waals surface area contributed by atoms with Crippen LogP contribution < -0.4 is 10.1 Å². The molecule has 0 aliphatic rings. The molecule has 0 unspecified atom stereocenters. The third kappa shape index (κ3) is 5.03. The number of sulfone groups is 1. The highest BCUT2D eigenvalue weighted by Gasteiger charge is 2.15. The van der Waals surface area contributed by atoms with E-state index in [9.17, 15) is 13.2 Å². The van der Waals surface area contributed by atoms with Crippen LogP contribution in [0.2, 0.25) is 0 Å². The summed E-state index contributed by atoms with van der Waals surface area (Å²) in [5, 5.41) is 2.82. The monoisotopic (exact) mass is 436 g/mol. The smallest absolute Gasteiger partial charge is 0.224 e. The Morgan fingerprint density at radius 1 is 1.21 bits per heavy atom. The first kappa shape index (κ1) is 20.6. The number of thioether (sulfide) groups is 1. The predicted octanol–water partition coefficient (Wildman–Crippen LogP) is 4.22. The van der Waals surface area contributed by atoms with E-state index >= 15 is 0 Å². The van der Waals surface area contributed by atoms with Gasteiger partial charge in [-0.15, -0.1) is 11.3 Å². The zero-order valence-corrected chi connectivity index (χ0v) is 17.9. The van der Waals surface area contributed by atoms with Crippen LogP contribution in [0.4, 0.5) is 5.69 Å². The first-order valence-electron chi connectivity index (χ1n) is 8.52. The van der Waals surface area contributed by atoms with Crippen LogP contribution in [0.5, 0.6) is 5.75 Å². The molecule has 0 radical (unpaired) electrons. The lowest BCUT2D eigenvalue weighted by Crippen LogP contribution is -2.14. The van der Waals surface area contributed by atoms with Crippen molar-refractivity contribution in [3.05, 3.63) is 42.5 Å². The Labute approximate surface area is 172 Å². The van der Waals surface area contributed by atoms with Crippen LogP contribution in [0, 0.1) is 0 Å². The lowest BCUT2D eigenvalue weighted by atomic mass is 10.2. The summed E-state index contributed by atoms with van der Waals surface area (Å²) in [5.41, 5.74) is 1.59. The number of hydrogen-bond acceptors (Lipinski definition) is 7. The van der Waals surface area contributed by atoms with Crippen molar-refractivity contribution < 1.29 is 17.9 Å². The van der Waals surface area contributed by atoms with Gasteiger partial charge in [-0.25, -0.2) is 13.4 Å². The Kier molecular flexibility index (Phi) is 6.58. The van der Waals surface area contributed by atoms with E-state index in [-0.39, 0.29) is 29.4 Å². The number of fused-ring (bicyclic) bond motifs is 1. The Hall–Kier alpha value is -2.10. The topological polar surface area (TPSA) is 85.4 Å². The fraction of sp³-hybridized carbons (Fsp3) is 0.263. The molecule has 1 N–H and O–H groups in total. The molecule has 0 saturated carbocycles. The molecule has 0 fully saturated rings. The number of methoxy groups -OCH3 is 1. The minimum Gasteiger partial charge on any atom is -0.497 e. The zero-order valence-electron chi connectivity index (χ0n) is 15.5. The molecule has 0 aliphatic heterocycles. The molecule has 6 nitrogen and oxygen atoms in total. The van der Waals surface area contributed by atoms with Crippen LogP contribution in [0.25, 0.3) is 10.2 Å². The van der Waals surface area contributed by atoms with Crippen LogP contribution in [0.15, 0.2) is 51.7 Å². The summed E-state index contributed by atoms with van der Waals surface area (Å²) < 4.78 is 31.7. The number of aromatic nitrogens is 1. The molecular formula is C19H20N2O4S3. The highest BCUT2D eigenvalue weighted by atomic mass is 32.2. The van der Waals surface area contributed by atoms with Gasteiger partial charge in [0, 0.05) is 12.1 Å². The SMILES string of the molecule is COc1ccc(S(=O)(=O)CCCC(=O)Nc2ccc3nc(SC)sc3c2)cc1. The van der Waals surface area contributed by atoms with Gasteiger partial charge in [-0.3, -0.25) is 4.79 Å². The largest absolute Gasteiger partial charge is 0.497 e. The Morgan fingerprint density at radius 3 is 2.64 bits per heavy atom. The van der Waals surface area contributed by atoms with Crippen molar-refractivity contribution in [2.45, 2.75) is 22.1 Å². The maximum Gasteiger partial charge on any atom is 0.224 e. The van der Waals surface area contributed by atoms with E-state index < -0.39 is 9.84 Å². The minimum atomic E-state index is -3.43. The number of anilines is 1. The molecule has 0 aliphatic carbocycles. The van der Waals surface area contributed by atoms with E-state index in [4.69, 9.17) is 4.74 Å². The summed E-state index contributed by atoms with van der Waals surface area (Å²) in [7, 11) is -1.90. The van der Waals surface area contributed by atoms with E-state index in [1.54, 1.807) is 41.3 Å². The van der Waals surface area contributed by atoms with Gasteiger partial charge in [-0.2, -0.15) is 0 Å². The number of nitrogens with one attached hydrogen (secondary N) is 1. The van der Waals surface area contributed by atoms with Gasteiger partial charge in [-0.1, -0.05) is 11.8 Å². The molecule has 28 heavy (non-hydrogen) atoms. The molecule has 1 heterocycles.